The Morgan fingerprint density at radius 3 is 2.50 bits per heavy atom. The summed E-state index contributed by atoms with van der Waals surface area (Å²) in [6, 6.07) is 10.7. The number of nitrogens with one attached hydrogen (secondary N) is 1. The lowest BCUT2D eigenvalue weighted by Gasteiger charge is -2.14. The second-order valence-corrected chi connectivity index (χ2v) is 6.06. The van der Waals surface area contributed by atoms with Gasteiger partial charge in [-0.3, -0.25) is 4.79 Å². The Balaban J connectivity index is 2.15. The highest BCUT2D eigenvalue weighted by Crippen LogP contribution is 2.21. The van der Waals surface area contributed by atoms with E-state index in [-0.39, 0.29) is 5.75 Å². The van der Waals surface area contributed by atoms with E-state index in [1.54, 1.807) is 16.9 Å². The average molecular weight is 324 g/mol. The highest BCUT2D eigenvalue weighted by molar-refractivity contribution is 7.85. The molecule has 1 amide bonds. The van der Waals surface area contributed by atoms with Gasteiger partial charge in [0.15, 0.2) is 0 Å². The molecule has 0 saturated carbocycles. The first-order chi connectivity index (χ1) is 10.3. The van der Waals surface area contributed by atoms with Crippen LogP contribution in [0.1, 0.15) is 6.92 Å². The van der Waals surface area contributed by atoms with Crippen molar-refractivity contribution in [2.24, 2.45) is 5.73 Å². The fourth-order valence-corrected chi connectivity index (χ4v) is 2.56. The van der Waals surface area contributed by atoms with Crippen LogP contribution in [0.4, 0.5) is 0 Å². The molecule has 0 unspecified atom stereocenters. The normalized spacial score (nSPS) is 14.3. The minimum absolute atomic E-state index is 0.0598. The molecule has 2 rings (SSSR count). The molecule has 0 aliphatic heterocycles. The van der Waals surface area contributed by atoms with Crippen LogP contribution in [0.3, 0.4) is 0 Å². The number of aliphatic hydroxyl groups is 1. The van der Waals surface area contributed by atoms with Crippen LogP contribution in [0, 0.1) is 0 Å². The smallest absolute Gasteiger partial charge is 0.391 e. The predicted octanol–water partition coefficient (Wildman–Crippen LogP) is 0.288. The Bertz CT molecular complexity index is 789. The van der Waals surface area contributed by atoms with Gasteiger partial charge in [-0.2, -0.15) is 8.42 Å². The highest BCUT2D eigenvalue weighted by Gasteiger charge is 2.24. The zero-order valence-electron chi connectivity index (χ0n) is 11.8. The summed E-state index contributed by atoms with van der Waals surface area (Å²) >= 11 is 0. The van der Waals surface area contributed by atoms with Crippen molar-refractivity contribution < 1.29 is 22.5 Å². The third-order valence-electron chi connectivity index (χ3n) is 2.97. The van der Waals surface area contributed by atoms with E-state index >= 15 is 0 Å². The summed E-state index contributed by atoms with van der Waals surface area (Å²) < 4.78 is 30.0. The molecule has 0 bridgehead atoms. The van der Waals surface area contributed by atoms with Gasteiger partial charge in [-0.25, -0.2) is 4.72 Å². The van der Waals surface area contributed by atoms with Gasteiger partial charge in [-0.15, -0.1) is 0 Å². The first-order valence-corrected chi connectivity index (χ1v) is 7.88. The lowest BCUT2D eigenvalue weighted by molar-refractivity contribution is -0.122. The van der Waals surface area contributed by atoms with Crippen LogP contribution in [0.2, 0.25) is 0 Å². The summed E-state index contributed by atoms with van der Waals surface area (Å²) in [7, 11) is -4.37. The topological polar surface area (TPSA) is 119 Å². The maximum Gasteiger partial charge on any atom is 0.409 e. The quantitative estimate of drug-likeness (QED) is 0.727. The summed E-state index contributed by atoms with van der Waals surface area (Å²) in [5, 5.41) is 10.9. The van der Waals surface area contributed by atoms with E-state index < -0.39 is 28.4 Å². The molecule has 0 fully saturated rings. The summed E-state index contributed by atoms with van der Waals surface area (Å²) in [5.74, 6) is -0.986. The molecule has 4 N–H and O–H groups in total. The Morgan fingerprint density at radius 1 is 1.23 bits per heavy atom. The second-order valence-electron chi connectivity index (χ2n) is 4.78. The average Bonchev–Trinajstić information content (AvgIpc) is 2.45. The SMILES string of the molecule is C[C@@H](O)[C@H](N)C(=O)NS(=O)(=O)Oc1ccc2ccccc2c1. The van der Waals surface area contributed by atoms with Gasteiger partial charge in [0.25, 0.3) is 5.91 Å². The standard InChI is InChI=1S/C14H16N2O5S/c1-9(17)13(15)14(18)16-22(19,20)21-12-7-6-10-4-2-3-5-11(10)8-12/h2-9,13,17H,15H2,1H3,(H,16,18)/t9-,13+/m1/s1. The number of aliphatic hydroxyl groups excluding tert-OH is 1. The molecule has 0 radical (unpaired) electrons. The molecule has 2 aromatic rings. The number of carbonyl (C=O) groups excluding carboxylic acids is 1. The monoisotopic (exact) mass is 324 g/mol. The van der Waals surface area contributed by atoms with Gasteiger partial charge in [0.1, 0.15) is 11.8 Å². The van der Waals surface area contributed by atoms with Crippen molar-refractivity contribution in [2.75, 3.05) is 0 Å². The van der Waals surface area contributed by atoms with Crippen molar-refractivity contribution in [3.8, 4) is 5.75 Å². The van der Waals surface area contributed by atoms with E-state index in [1.807, 2.05) is 18.2 Å². The molecular formula is C14H16N2O5S. The number of carbonyl (C=O) groups is 1. The largest absolute Gasteiger partial charge is 0.409 e. The van der Waals surface area contributed by atoms with Gasteiger partial charge in [0.2, 0.25) is 0 Å². The van der Waals surface area contributed by atoms with Crippen molar-refractivity contribution in [2.45, 2.75) is 19.1 Å². The van der Waals surface area contributed by atoms with Crippen molar-refractivity contribution in [1.29, 1.82) is 0 Å². The van der Waals surface area contributed by atoms with Crippen LogP contribution in [-0.4, -0.2) is 31.6 Å². The van der Waals surface area contributed by atoms with Gasteiger partial charge in [0, 0.05) is 0 Å². The maximum atomic E-state index is 11.8. The fraction of sp³-hybridized carbons (Fsp3) is 0.214. The van der Waals surface area contributed by atoms with E-state index in [0.717, 1.165) is 10.8 Å². The molecule has 118 valence electrons. The number of fused-ring (bicyclic) bond motifs is 1. The van der Waals surface area contributed by atoms with E-state index in [9.17, 15) is 18.3 Å². The van der Waals surface area contributed by atoms with Crippen molar-refractivity contribution in [3.63, 3.8) is 0 Å². The third kappa shape index (κ3) is 3.94. The maximum absolute atomic E-state index is 11.8. The van der Waals surface area contributed by atoms with Crippen LogP contribution in [0.15, 0.2) is 42.5 Å². The molecule has 22 heavy (non-hydrogen) atoms. The molecule has 0 aliphatic rings. The second kappa shape index (κ2) is 6.30. The fourth-order valence-electron chi connectivity index (χ4n) is 1.78. The van der Waals surface area contributed by atoms with Crippen LogP contribution in [0.25, 0.3) is 10.8 Å². The molecule has 7 nitrogen and oxygen atoms in total. The molecule has 2 atom stereocenters. The van der Waals surface area contributed by atoms with E-state index in [4.69, 9.17) is 9.92 Å². The number of hydrogen-bond donors (Lipinski definition) is 3. The minimum Gasteiger partial charge on any atom is -0.391 e. The lowest BCUT2D eigenvalue weighted by atomic mass is 10.1. The van der Waals surface area contributed by atoms with Crippen LogP contribution < -0.4 is 14.6 Å². The van der Waals surface area contributed by atoms with Crippen LogP contribution in [0.5, 0.6) is 5.75 Å². The predicted molar refractivity (Wildman–Crippen MR) is 81.3 cm³/mol. The molecular weight excluding hydrogens is 308 g/mol. The van der Waals surface area contributed by atoms with Gasteiger partial charge < -0.3 is 15.0 Å². The molecule has 2 aromatic carbocycles. The van der Waals surface area contributed by atoms with Gasteiger partial charge in [-0.1, -0.05) is 30.3 Å². The Kier molecular flexibility index (Phi) is 4.65. The summed E-state index contributed by atoms with van der Waals surface area (Å²) in [6.45, 7) is 1.28. The van der Waals surface area contributed by atoms with Gasteiger partial charge >= 0.3 is 10.3 Å². The number of benzene rings is 2. The zero-order valence-corrected chi connectivity index (χ0v) is 12.6. The van der Waals surface area contributed by atoms with E-state index in [2.05, 4.69) is 0 Å². The van der Waals surface area contributed by atoms with Crippen molar-refractivity contribution >= 4 is 27.0 Å². The van der Waals surface area contributed by atoms with E-state index in [1.165, 1.54) is 19.1 Å². The van der Waals surface area contributed by atoms with Crippen molar-refractivity contribution in [3.05, 3.63) is 42.5 Å². The number of rotatable bonds is 5. The molecule has 0 aromatic heterocycles. The first kappa shape index (κ1) is 16.2. The number of amides is 1. The van der Waals surface area contributed by atoms with Gasteiger partial charge in [0.05, 0.1) is 6.10 Å². The third-order valence-corrected chi connectivity index (χ3v) is 3.84. The molecule has 0 aliphatic carbocycles. The summed E-state index contributed by atoms with van der Waals surface area (Å²) in [6.07, 6.45) is -1.18. The lowest BCUT2D eigenvalue weighted by Crippen LogP contribution is -2.49. The summed E-state index contributed by atoms with van der Waals surface area (Å²) in [5.41, 5.74) is 5.35. The Hall–Kier alpha value is -2.16. The number of hydrogen-bond acceptors (Lipinski definition) is 6. The molecule has 0 heterocycles. The van der Waals surface area contributed by atoms with Crippen LogP contribution >= 0.6 is 0 Å². The minimum atomic E-state index is -4.37. The first-order valence-electron chi connectivity index (χ1n) is 6.47. The van der Waals surface area contributed by atoms with Gasteiger partial charge in [-0.05, 0) is 29.8 Å². The Labute approximate surface area is 128 Å². The Morgan fingerprint density at radius 2 is 1.86 bits per heavy atom. The zero-order chi connectivity index (χ0) is 16.3. The van der Waals surface area contributed by atoms with Crippen LogP contribution in [-0.2, 0) is 15.1 Å². The molecule has 8 heteroatoms. The van der Waals surface area contributed by atoms with E-state index in [0.29, 0.717) is 0 Å². The molecule has 0 spiro atoms. The summed E-state index contributed by atoms with van der Waals surface area (Å²) in [4.78, 5) is 11.5. The van der Waals surface area contributed by atoms with Crippen molar-refractivity contribution in [1.82, 2.24) is 4.72 Å². The number of nitrogens with two attached hydrogens (primary N) is 1. The highest BCUT2D eigenvalue weighted by atomic mass is 32.2. The molecule has 0 saturated heterocycles.